The summed E-state index contributed by atoms with van der Waals surface area (Å²) in [6, 6.07) is 0. The van der Waals surface area contributed by atoms with Crippen LogP contribution >= 0.6 is 0 Å². The number of ether oxygens (including phenoxy) is 1. The molecule has 5 heteroatoms. The summed E-state index contributed by atoms with van der Waals surface area (Å²) in [7, 11) is 1.99. The number of aliphatic hydroxyl groups excluding tert-OH is 1. The van der Waals surface area contributed by atoms with Gasteiger partial charge in [-0.2, -0.15) is 0 Å². The van der Waals surface area contributed by atoms with Gasteiger partial charge in [-0.3, -0.25) is 4.79 Å². The Kier molecular flexibility index (Phi) is 15.1. The van der Waals surface area contributed by atoms with Gasteiger partial charge in [0, 0.05) is 19.1 Å². The van der Waals surface area contributed by atoms with Gasteiger partial charge in [-0.15, -0.1) is 0 Å². The molecule has 30 heavy (non-hydrogen) atoms. The van der Waals surface area contributed by atoms with E-state index in [9.17, 15) is 4.79 Å². The number of aliphatic hydroxyl groups is 1. The van der Waals surface area contributed by atoms with Crippen molar-refractivity contribution < 1.29 is 14.6 Å². The monoisotopic (exact) mass is 420 g/mol. The van der Waals surface area contributed by atoms with Gasteiger partial charge < -0.3 is 20.5 Å². The lowest BCUT2D eigenvalue weighted by Gasteiger charge is -2.21. The van der Waals surface area contributed by atoms with E-state index >= 15 is 0 Å². The van der Waals surface area contributed by atoms with Crippen molar-refractivity contribution in [3.63, 3.8) is 0 Å². The van der Waals surface area contributed by atoms with Crippen molar-refractivity contribution in [3.8, 4) is 0 Å². The fourth-order valence-electron chi connectivity index (χ4n) is 3.60. The zero-order chi connectivity index (χ0) is 22.0. The quantitative estimate of drug-likeness (QED) is 0.149. The number of hydrogen-bond acceptors (Lipinski definition) is 4. The van der Waals surface area contributed by atoms with E-state index in [1.165, 1.54) is 5.57 Å². The molecule has 0 saturated heterocycles. The maximum absolute atomic E-state index is 12.3. The minimum atomic E-state index is 0.105. The Bertz CT molecular complexity index is 555. The Morgan fingerprint density at radius 2 is 2.17 bits per heavy atom. The molecular weight excluding hydrogens is 376 g/mol. The van der Waals surface area contributed by atoms with Gasteiger partial charge in [0.2, 0.25) is 5.91 Å². The smallest absolute Gasteiger partial charge is 0.223 e. The van der Waals surface area contributed by atoms with Crippen LogP contribution in [-0.4, -0.2) is 44.4 Å². The minimum absolute atomic E-state index is 0.105. The van der Waals surface area contributed by atoms with E-state index in [1.807, 2.05) is 20.0 Å². The van der Waals surface area contributed by atoms with Crippen LogP contribution in [-0.2, 0) is 9.53 Å². The second-order valence-corrected chi connectivity index (χ2v) is 8.18. The Labute approximate surface area is 184 Å². The first-order valence-corrected chi connectivity index (χ1v) is 11.8. The van der Waals surface area contributed by atoms with E-state index in [4.69, 9.17) is 9.84 Å². The first-order chi connectivity index (χ1) is 14.6. The van der Waals surface area contributed by atoms with Crippen molar-refractivity contribution in [2.75, 3.05) is 33.4 Å². The zero-order valence-corrected chi connectivity index (χ0v) is 19.4. The van der Waals surface area contributed by atoms with Crippen LogP contribution in [0.3, 0.4) is 0 Å². The highest BCUT2D eigenvalue weighted by molar-refractivity contribution is 5.79. The van der Waals surface area contributed by atoms with E-state index in [0.29, 0.717) is 12.5 Å². The van der Waals surface area contributed by atoms with Crippen molar-refractivity contribution in [1.29, 1.82) is 0 Å². The SMILES string of the molecule is CC=C(C=CCC1=CCC(C(=O)NCCCCCO)CC1)OCC(CC)CCNC. The molecule has 0 saturated carbocycles. The summed E-state index contributed by atoms with van der Waals surface area (Å²) < 4.78 is 6.00. The van der Waals surface area contributed by atoms with E-state index in [0.717, 1.165) is 76.7 Å². The fraction of sp³-hybridized carbons (Fsp3) is 0.720. The molecule has 1 rings (SSSR count). The minimum Gasteiger partial charge on any atom is -0.494 e. The largest absolute Gasteiger partial charge is 0.494 e. The highest BCUT2D eigenvalue weighted by Gasteiger charge is 2.20. The number of carbonyl (C=O) groups is 1. The molecule has 0 fully saturated rings. The number of unbranched alkanes of at least 4 members (excludes halogenated alkanes) is 2. The van der Waals surface area contributed by atoms with E-state index in [2.05, 4.69) is 35.8 Å². The molecular formula is C25H44N2O3. The van der Waals surface area contributed by atoms with Gasteiger partial charge >= 0.3 is 0 Å². The Balaban J connectivity index is 2.31. The van der Waals surface area contributed by atoms with Crippen LogP contribution in [0.5, 0.6) is 0 Å². The molecule has 0 heterocycles. The maximum Gasteiger partial charge on any atom is 0.223 e. The van der Waals surface area contributed by atoms with Crippen LogP contribution in [0.15, 0.2) is 35.6 Å². The fourth-order valence-corrected chi connectivity index (χ4v) is 3.60. The van der Waals surface area contributed by atoms with Gasteiger partial charge in [-0.1, -0.05) is 31.1 Å². The first-order valence-electron chi connectivity index (χ1n) is 11.8. The molecule has 0 radical (unpaired) electrons. The molecule has 0 aromatic heterocycles. The second-order valence-electron chi connectivity index (χ2n) is 8.18. The average molecular weight is 421 g/mol. The van der Waals surface area contributed by atoms with E-state index in [1.54, 1.807) is 0 Å². The molecule has 0 aromatic carbocycles. The number of nitrogens with one attached hydrogen (secondary N) is 2. The van der Waals surface area contributed by atoms with Crippen LogP contribution in [0.1, 0.15) is 71.6 Å². The van der Waals surface area contributed by atoms with Crippen molar-refractivity contribution in [1.82, 2.24) is 10.6 Å². The van der Waals surface area contributed by atoms with Crippen LogP contribution in [0.4, 0.5) is 0 Å². The molecule has 2 unspecified atom stereocenters. The van der Waals surface area contributed by atoms with Crippen molar-refractivity contribution in [2.24, 2.45) is 11.8 Å². The lowest BCUT2D eigenvalue weighted by molar-refractivity contribution is -0.125. The molecule has 3 N–H and O–H groups in total. The lowest BCUT2D eigenvalue weighted by Crippen LogP contribution is -2.32. The van der Waals surface area contributed by atoms with Gasteiger partial charge in [0.25, 0.3) is 0 Å². The van der Waals surface area contributed by atoms with Gasteiger partial charge in [-0.25, -0.2) is 0 Å². The van der Waals surface area contributed by atoms with Crippen molar-refractivity contribution in [2.45, 2.75) is 71.6 Å². The number of allylic oxidation sites excluding steroid dienone is 5. The first kappa shape index (κ1) is 26.4. The Morgan fingerprint density at radius 1 is 1.33 bits per heavy atom. The predicted octanol–water partition coefficient (Wildman–Crippen LogP) is 4.49. The summed E-state index contributed by atoms with van der Waals surface area (Å²) in [5.41, 5.74) is 1.41. The van der Waals surface area contributed by atoms with Crippen molar-refractivity contribution in [3.05, 3.63) is 35.6 Å². The standard InChI is InChI=1S/C25H44N2O3/c1-4-21(16-18-26-3)20-30-24(5-2)11-9-10-22-12-14-23(15-13-22)25(29)27-17-7-6-8-19-28/h5,9,11-12,21,23,26,28H,4,6-8,10,13-20H2,1-3H3,(H,27,29). The third-order valence-corrected chi connectivity index (χ3v) is 5.82. The number of hydrogen-bond donors (Lipinski definition) is 3. The summed E-state index contributed by atoms with van der Waals surface area (Å²) in [5.74, 6) is 1.80. The van der Waals surface area contributed by atoms with Gasteiger partial charge in [0.15, 0.2) is 0 Å². The molecule has 1 amide bonds. The average Bonchev–Trinajstić information content (AvgIpc) is 2.78. The molecule has 0 spiro atoms. The normalized spacial score (nSPS) is 18.3. The van der Waals surface area contributed by atoms with E-state index in [-0.39, 0.29) is 18.4 Å². The van der Waals surface area contributed by atoms with Crippen molar-refractivity contribution >= 4 is 5.91 Å². The molecule has 5 nitrogen and oxygen atoms in total. The number of amides is 1. The summed E-state index contributed by atoms with van der Waals surface area (Å²) in [6.07, 6.45) is 17.2. The molecule has 0 bridgehead atoms. The molecule has 172 valence electrons. The van der Waals surface area contributed by atoms with Gasteiger partial charge in [0.05, 0.1) is 6.61 Å². The predicted molar refractivity (Wildman–Crippen MR) is 125 cm³/mol. The zero-order valence-electron chi connectivity index (χ0n) is 19.4. The highest BCUT2D eigenvalue weighted by Crippen LogP contribution is 2.26. The van der Waals surface area contributed by atoms with Crippen LogP contribution in [0.25, 0.3) is 0 Å². The van der Waals surface area contributed by atoms with E-state index < -0.39 is 0 Å². The molecule has 1 aliphatic carbocycles. The third-order valence-electron chi connectivity index (χ3n) is 5.82. The molecule has 2 atom stereocenters. The Hall–Kier alpha value is -1.59. The molecule has 1 aliphatic rings. The number of carbonyl (C=O) groups excluding carboxylic acids is 1. The number of rotatable bonds is 16. The molecule has 0 aliphatic heterocycles. The van der Waals surface area contributed by atoms with Crippen LogP contribution in [0.2, 0.25) is 0 Å². The summed E-state index contributed by atoms with van der Waals surface area (Å²) >= 11 is 0. The molecule has 0 aromatic rings. The topological polar surface area (TPSA) is 70.6 Å². The summed E-state index contributed by atoms with van der Waals surface area (Å²) in [5, 5.41) is 15.0. The summed E-state index contributed by atoms with van der Waals surface area (Å²) in [4.78, 5) is 12.3. The third kappa shape index (κ3) is 11.6. The maximum atomic E-state index is 12.3. The summed E-state index contributed by atoms with van der Waals surface area (Å²) in [6.45, 7) is 6.97. The van der Waals surface area contributed by atoms with Crippen LogP contribution < -0.4 is 10.6 Å². The van der Waals surface area contributed by atoms with Gasteiger partial charge in [-0.05, 0) is 90.0 Å². The second kappa shape index (κ2) is 17.1. The Morgan fingerprint density at radius 3 is 2.80 bits per heavy atom. The van der Waals surface area contributed by atoms with Gasteiger partial charge in [0.1, 0.15) is 5.76 Å². The highest BCUT2D eigenvalue weighted by atomic mass is 16.5. The van der Waals surface area contributed by atoms with Crippen LogP contribution in [0, 0.1) is 11.8 Å². The lowest BCUT2D eigenvalue weighted by atomic mass is 9.87.